The summed E-state index contributed by atoms with van der Waals surface area (Å²) in [6, 6.07) is 120. The fraction of sp³-hybridized carbons (Fsp3) is 0.00917. The summed E-state index contributed by atoms with van der Waals surface area (Å²) in [5.74, 6) is 0. The maximum Gasteiger partial charge on any atom is 0.202 e. The zero-order valence-corrected chi connectivity index (χ0v) is 63.1. The summed E-state index contributed by atoms with van der Waals surface area (Å²) in [6.45, 7) is 25.1. The molecule has 0 bridgehead atoms. The lowest BCUT2D eigenvalue weighted by Crippen LogP contribution is -1.95. The molecule has 0 fully saturated rings. The number of hydrogen-bond acceptors (Lipinski definition) is 5. The number of rotatable bonds is 2. The van der Waals surface area contributed by atoms with Crippen molar-refractivity contribution in [1.29, 1.82) is 5.26 Å². The molecule has 4 aromatic heterocycles. The summed E-state index contributed by atoms with van der Waals surface area (Å²) in [7, 11) is 0. The smallest absolute Gasteiger partial charge is 0.202 e. The Hall–Kier alpha value is -16.4. The Kier molecular flexibility index (Phi) is 16.5. The van der Waals surface area contributed by atoms with Gasteiger partial charge in [0, 0.05) is 73.7 Å². The van der Waals surface area contributed by atoms with Crippen LogP contribution in [-0.2, 0) is 0 Å². The molecule has 117 heavy (non-hydrogen) atoms. The van der Waals surface area contributed by atoms with Gasteiger partial charge in [-0.3, -0.25) is 34.5 Å². The van der Waals surface area contributed by atoms with Gasteiger partial charge in [-0.05, 0) is 194 Å². The molecule has 0 radical (unpaired) electrons. The standard InChI is InChI=1S/C30H21N.C29H11N5.2C25H15N/c1-20-22(18-9-19-31-20)29-27-15-6-4-13-24(27)25-14-5-7-16-28(25)30(29)26-17-8-11-21-10-2-3-12-23(21)26;1-31-27-23-14-22-20(13-21(23)24(15-30)28(32-2)29(27)33-3)18-9-6-12-34-26(18)19-11-10-16-7-4-5-8-17(16)25(19)22;1-3-8-18-16(6-1)11-13-20-23(18)21-10-5-15-26-25(21)22-14-12-17-7-2-4-9-19(17)24(20)22;1-3-8-18-16(6-1)11-13-20-21-10-5-15-26-25(21)22-14-12-17-7-2-4-9-19(17)24(22)23(18)20/h2-19H,1H3;4-14H;2*1-15H. The van der Waals surface area contributed by atoms with Crippen molar-refractivity contribution in [2.24, 2.45) is 0 Å². The van der Waals surface area contributed by atoms with Crippen LogP contribution in [0.25, 0.3) is 231 Å². The number of pyridine rings is 4. The van der Waals surface area contributed by atoms with E-state index in [9.17, 15) is 5.26 Å². The van der Waals surface area contributed by atoms with Crippen molar-refractivity contribution in [3.63, 3.8) is 0 Å². The van der Waals surface area contributed by atoms with E-state index in [1.807, 2.05) is 73.2 Å². The minimum absolute atomic E-state index is 0.0648. The van der Waals surface area contributed by atoms with E-state index in [4.69, 9.17) is 29.7 Å². The van der Waals surface area contributed by atoms with E-state index in [1.54, 1.807) is 6.20 Å². The molecule has 538 valence electrons. The second-order valence-electron chi connectivity index (χ2n) is 29.6. The van der Waals surface area contributed by atoms with E-state index in [2.05, 4.69) is 317 Å². The van der Waals surface area contributed by atoms with Crippen LogP contribution in [0.15, 0.2) is 358 Å². The van der Waals surface area contributed by atoms with Crippen LogP contribution >= 0.6 is 0 Å². The van der Waals surface area contributed by atoms with Crippen LogP contribution < -0.4 is 0 Å². The Morgan fingerprint density at radius 2 is 0.556 bits per heavy atom. The summed E-state index contributed by atoms with van der Waals surface area (Å²) < 4.78 is 0. The molecule has 0 saturated heterocycles. The highest BCUT2D eigenvalue weighted by atomic mass is 14.8. The molecule has 24 aromatic rings. The molecule has 0 aliphatic rings. The van der Waals surface area contributed by atoms with Gasteiger partial charge in [0.2, 0.25) is 11.4 Å². The quantitative estimate of drug-likeness (QED) is 0.0977. The van der Waals surface area contributed by atoms with Crippen LogP contribution in [0.3, 0.4) is 0 Å². The first-order valence-corrected chi connectivity index (χ1v) is 38.9. The molecule has 20 aromatic carbocycles. The van der Waals surface area contributed by atoms with Crippen molar-refractivity contribution < 1.29 is 0 Å². The normalized spacial score (nSPS) is 11.4. The Bertz CT molecular complexity index is 8400. The molecular formula is C109H62N8. The maximum atomic E-state index is 9.94. The van der Waals surface area contributed by atoms with Crippen molar-refractivity contribution in [3.05, 3.63) is 404 Å². The molecular weight excluding hydrogens is 1420 g/mol. The molecule has 0 aliphatic carbocycles. The summed E-state index contributed by atoms with van der Waals surface area (Å²) in [5.41, 5.74) is 9.15. The fourth-order valence-electron chi connectivity index (χ4n) is 18.5. The second kappa shape index (κ2) is 28.1. The van der Waals surface area contributed by atoms with Gasteiger partial charge in [-0.15, -0.1) is 0 Å². The molecule has 0 spiro atoms. The van der Waals surface area contributed by atoms with Crippen LogP contribution in [-0.4, -0.2) is 19.9 Å². The van der Waals surface area contributed by atoms with Gasteiger partial charge in [0.1, 0.15) is 0 Å². The monoisotopic (exact) mass is 1480 g/mol. The van der Waals surface area contributed by atoms with Crippen LogP contribution in [0, 0.1) is 38.0 Å². The fourth-order valence-corrected chi connectivity index (χ4v) is 18.5. The Labute approximate surface area is 671 Å². The average molecular weight is 1480 g/mol. The lowest BCUT2D eigenvalue weighted by atomic mass is 9.83. The Morgan fingerprint density at radius 3 is 1.04 bits per heavy atom. The van der Waals surface area contributed by atoms with E-state index in [-0.39, 0.29) is 22.6 Å². The molecule has 8 heteroatoms. The van der Waals surface area contributed by atoms with Crippen molar-refractivity contribution >= 4 is 211 Å². The molecule has 0 saturated carbocycles. The lowest BCUT2D eigenvalue weighted by Gasteiger charge is -2.20. The number of nitrogens with zero attached hydrogens (tertiary/aromatic N) is 8. The third-order valence-electron chi connectivity index (χ3n) is 23.6. The lowest BCUT2D eigenvalue weighted by molar-refractivity contribution is 1.21. The summed E-state index contributed by atoms with van der Waals surface area (Å²) in [4.78, 5) is 29.4. The minimum atomic E-state index is -0.0657. The van der Waals surface area contributed by atoms with Crippen LogP contribution in [0.2, 0.25) is 0 Å². The number of fused-ring (bicyclic) bond motifs is 33. The molecule has 8 nitrogen and oxygen atoms in total. The first-order chi connectivity index (χ1) is 57.9. The van der Waals surface area contributed by atoms with E-state index in [0.717, 1.165) is 59.9 Å². The van der Waals surface area contributed by atoms with Gasteiger partial charge in [-0.25, -0.2) is 0 Å². The first kappa shape index (κ1) is 68.7. The molecule has 0 N–H and O–H groups in total. The summed E-state index contributed by atoms with van der Waals surface area (Å²) in [5, 5.41) is 48.4. The summed E-state index contributed by atoms with van der Waals surface area (Å²) >= 11 is 0. The van der Waals surface area contributed by atoms with Crippen molar-refractivity contribution in [1.82, 2.24) is 19.9 Å². The zero-order valence-electron chi connectivity index (χ0n) is 63.1. The van der Waals surface area contributed by atoms with Crippen LogP contribution in [0.5, 0.6) is 0 Å². The highest BCUT2D eigenvalue weighted by Crippen LogP contribution is 2.52. The number of aryl methyl sites for hydroxylation is 1. The highest BCUT2D eigenvalue weighted by Gasteiger charge is 2.25. The number of nitriles is 1. The topological polar surface area (TPSA) is 88.4 Å². The van der Waals surface area contributed by atoms with E-state index in [1.165, 1.54) is 152 Å². The number of aromatic nitrogens is 4. The zero-order chi connectivity index (χ0) is 78.4. The van der Waals surface area contributed by atoms with Gasteiger partial charge in [0.05, 0.1) is 47.9 Å². The predicted molar refractivity (Wildman–Crippen MR) is 491 cm³/mol. The van der Waals surface area contributed by atoms with Crippen molar-refractivity contribution in [2.45, 2.75) is 6.92 Å². The second-order valence-corrected chi connectivity index (χ2v) is 29.6. The molecule has 4 heterocycles. The molecule has 24 rings (SSSR count). The molecule has 0 amide bonds. The minimum Gasteiger partial charge on any atom is -0.262 e. The summed E-state index contributed by atoms with van der Waals surface area (Å²) in [6.07, 6.45) is 7.43. The Morgan fingerprint density at radius 1 is 0.231 bits per heavy atom. The number of hydrogen-bond donors (Lipinski definition) is 0. The van der Waals surface area contributed by atoms with Crippen LogP contribution in [0.4, 0.5) is 17.1 Å². The third-order valence-corrected chi connectivity index (χ3v) is 23.6. The van der Waals surface area contributed by atoms with Gasteiger partial charge in [-0.1, -0.05) is 303 Å². The average Bonchev–Trinajstić information content (AvgIpc) is 0.728. The third kappa shape index (κ3) is 10.9. The van der Waals surface area contributed by atoms with Gasteiger partial charge in [0.15, 0.2) is 5.69 Å². The highest BCUT2D eigenvalue weighted by molar-refractivity contribution is 6.38. The number of benzene rings is 20. The van der Waals surface area contributed by atoms with E-state index >= 15 is 0 Å². The SMILES string of the molecule is Cc1ncccc1-c1c(-c2cccc3ccccc23)c2ccccc2c2ccccc12.[C-]#[N+]c1c([N+]#[C-])c([N+]#[C-])c2cc3c(cc2c1C#N)c1cccnc1c1ccc2ccccc2c31.c1ccc2c(c1)ccc1c2c2cccnc2c2ccc3ccccc3c21.c1ccc2c(c1)ccc1c3cccnc3c3ccc4ccccc4c3c21. The van der Waals surface area contributed by atoms with Crippen LogP contribution in [0.1, 0.15) is 11.3 Å². The van der Waals surface area contributed by atoms with E-state index in [0.29, 0.717) is 10.8 Å². The first-order valence-electron chi connectivity index (χ1n) is 38.9. The van der Waals surface area contributed by atoms with Crippen molar-refractivity contribution in [2.75, 3.05) is 0 Å². The van der Waals surface area contributed by atoms with Crippen molar-refractivity contribution in [3.8, 4) is 28.3 Å². The predicted octanol–water partition coefficient (Wildman–Crippen LogP) is 30.3. The maximum absolute atomic E-state index is 9.94. The largest absolute Gasteiger partial charge is 0.262 e. The van der Waals surface area contributed by atoms with Gasteiger partial charge >= 0.3 is 0 Å². The molecule has 0 atom stereocenters. The van der Waals surface area contributed by atoms with E-state index < -0.39 is 0 Å². The Balaban J connectivity index is 0.0000000978. The van der Waals surface area contributed by atoms with Gasteiger partial charge in [0.25, 0.3) is 0 Å². The molecule has 0 aliphatic heterocycles. The van der Waals surface area contributed by atoms with Gasteiger partial charge < -0.3 is 0 Å². The van der Waals surface area contributed by atoms with Gasteiger partial charge in [-0.2, -0.15) is 5.26 Å². The molecule has 0 unspecified atom stereocenters.